The molecule has 0 bridgehead atoms. The Morgan fingerprint density at radius 3 is 2.58 bits per heavy atom. The number of hydrogen-bond donors (Lipinski definition) is 1. The molecule has 1 amide bonds. The van der Waals surface area contributed by atoms with Gasteiger partial charge in [0.1, 0.15) is 0 Å². The summed E-state index contributed by atoms with van der Waals surface area (Å²) in [5.74, 6) is -0.0862. The van der Waals surface area contributed by atoms with Crippen LogP contribution in [-0.2, 0) is 4.79 Å². The highest BCUT2D eigenvalue weighted by Crippen LogP contribution is 2.24. The third-order valence-electron chi connectivity index (χ3n) is 4.12. The fourth-order valence-electron chi connectivity index (χ4n) is 2.91. The summed E-state index contributed by atoms with van der Waals surface area (Å²) in [6, 6.07) is 22.4. The van der Waals surface area contributed by atoms with Crippen molar-refractivity contribution in [2.75, 3.05) is 0 Å². The summed E-state index contributed by atoms with van der Waals surface area (Å²) in [7, 11) is 0. The van der Waals surface area contributed by atoms with Crippen LogP contribution in [0.3, 0.4) is 0 Å². The van der Waals surface area contributed by atoms with Gasteiger partial charge in [-0.25, -0.2) is 0 Å². The summed E-state index contributed by atoms with van der Waals surface area (Å²) in [6.07, 6.45) is 3.44. The zero-order chi connectivity index (χ0) is 16.9. The number of benzene rings is 3. The van der Waals surface area contributed by atoms with Crippen molar-refractivity contribution in [3.8, 4) is 0 Å². The maximum absolute atomic E-state index is 12.2. The molecule has 0 saturated heterocycles. The molecule has 24 heavy (non-hydrogen) atoms. The lowest BCUT2D eigenvalue weighted by Gasteiger charge is -2.15. The van der Waals surface area contributed by atoms with Crippen LogP contribution >= 0.6 is 0 Å². The van der Waals surface area contributed by atoms with E-state index in [-0.39, 0.29) is 11.9 Å². The topological polar surface area (TPSA) is 29.1 Å². The second-order valence-corrected chi connectivity index (χ2v) is 6.05. The molecule has 0 heterocycles. The van der Waals surface area contributed by atoms with Gasteiger partial charge in [0.05, 0.1) is 6.04 Å². The Labute approximate surface area is 142 Å². The second-order valence-electron chi connectivity index (χ2n) is 6.05. The predicted octanol–water partition coefficient (Wildman–Crippen LogP) is 5.04. The lowest BCUT2D eigenvalue weighted by atomic mass is 10.00. The molecule has 0 unspecified atom stereocenters. The summed E-state index contributed by atoms with van der Waals surface area (Å²) in [5, 5.41) is 5.41. The number of carbonyl (C=O) groups excluding carboxylic acids is 1. The second kappa shape index (κ2) is 7.14. The van der Waals surface area contributed by atoms with Crippen molar-refractivity contribution < 1.29 is 4.79 Å². The van der Waals surface area contributed by atoms with Crippen LogP contribution in [0.2, 0.25) is 0 Å². The fourth-order valence-corrected chi connectivity index (χ4v) is 2.91. The minimum Gasteiger partial charge on any atom is -0.346 e. The molecular weight excluding hydrogens is 294 g/mol. The van der Waals surface area contributed by atoms with Gasteiger partial charge in [-0.1, -0.05) is 72.3 Å². The summed E-state index contributed by atoms with van der Waals surface area (Å²) in [5.41, 5.74) is 3.34. The third-order valence-corrected chi connectivity index (χ3v) is 4.12. The minimum atomic E-state index is -0.0862. The lowest BCUT2D eigenvalue weighted by Crippen LogP contribution is -2.24. The first kappa shape index (κ1) is 16.0. The van der Waals surface area contributed by atoms with Crippen LogP contribution in [0.15, 0.2) is 72.8 Å². The Hall–Kier alpha value is -2.87. The number of amides is 1. The van der Waals surface area contributed by atoms with Gasteiger partial charge >= 0.3 is 0 Å². The highest BCUT2D eigenvalue weighted by Gasteiger charge is 2.10. The van der Waals surface area contributed by atoms with Gasteiger partial charge in [-0.2, -0.15) is 0 Å². The van der Waals surface area contributed by atoms with Crippen LogP contribution in [0.1, 0.15) is 29.7 Å². The van der Waals surface area contributed by atoms with E-state index in [1.165, 1.54) is 16.3 Å². The Balaban J connectivity index is 1.74. The van der Waals surface area contributed by atoms with Crippen LogP contribution in [0.5, 0.6) is 0 Å². The molecule has 3 aromatic carbocycles. The van der Waals surface area contributed by atoms with E-state index in [2.05, 4.69) is 35.6 Å². The molecule has 0 saturated carbocycles. The Morgan fingerprint density at radius 1 is 1.00 bits per heavy atom. The molecule has 120 valence electrons. The molecule has 0 aliphatic carbocycles. The maximum Gasteiger partial charge on any atom is 0.244 e. The molecule has 1 atom stereocenters. The molecule has 3 aromatic rings. The summed E-state index contributed by atoms with van der Waals surface area (Å²) >= 11 is 0. The molecule has 0 aromatic heterocycles. The van der Waals surface area contributed by atoms with E-state index < -0.39 is 0 Å². The SMILES string of the molecule is Cc1cccc(/C=C/C(=O)N[C@H](C)c2cccc3ccccc23)c1. The largest absolute Gasteiger partial charge is 0.346 e. The summed E-state index contributed by atoms with van der Waals surface area (Å²) < 4.78 is 0. The fraction of sp³-hybridized carbons (Fsp3) is 0.136. The van der Waals surface area contributed by atoms with Crippen molar-refractivity contribution in [1.29, 1.82) is 0 Å². The Kier molecular flexibility index (Phi) is 4.76. The van der Waals surface area contributed by atoms with Crippen molar-refractivity contribution in [2.24, 2.45) is 0 Å². The number of hydrogen-bond acceptors (Lipinski definition) is 1. The van der Waals surface area contributed by atoms with Crippen LogP contribution in [0, 0.1) is 6.92 Å². The van der Waals surface area contributed by atoms with E-state index in [0.717, 1.165) is 11.1 Å². The Morgan fingerprint density at radius 2 is 1.75 bits per heavy atom. The maximum atomic E-state index is 12.2. The van der Waals surface area contributed by atoms with Crippen LogP contribution < -0.4 is 5.32 Å². The van der Waals surface area contributed by atoms with E-state index >= 15 is 0 Å². The van der Waals surface area contributed by atoms with E-state index in [9.17, 15) is 4.79 Å². The van der Waals surface area contributed by atoms with Gasteiger partial charge in [0, 0.05) is 6.08 Å². The van der Waals surface area contributed by atoms with Gasteiger partial charge in [0.15, 0.2) is 0 Å². The number of fused-ring (bicyclic) bond motifs is 1. The average molecular weight is 315 g/mol. The Bertz CT molecular complexity index is 890. The van der Waals surface area contributed by atoms with Crippen molar-refractivity contribution >= 4 is 22.8 Å². The molecular formula is C22H21NO. The summed E-state index contributed by atoms with van der Waals surface area (Å²) in [6.45, 7) is 4.06. The monoisotopic (exact) mass is 315 g/mol. The first-order valence-electron chi connectivity index (χ1n) is 8.16. The molecule has 0 aliphatic rings. The van der Waals surface area contributed by atoms with Gasteiger partial charge in [0.2, 0.25) is 5.91 Å². The highest BCUT2D eigenvalue weighted by atomic mass is 16.1. The third kappa shape index (κ3) is 3.72. The highest BCUT2D eigenvalue weighted by molar-refractivity contribution is 5.93. The van der Waals surface area contributed by atoms with Crippen molar-refractivity contribution in [2.45, 2.75) is 19.9 Å². The smallest absolute Gasteiger partial charge is 0.244 e. The van der Waals surface area contributed by atoms with Crippen molar-refractivity contribution in [3.05, 3.63) is 89.5 Å². The molecule has 0 radical (unpaired) electrons. The zero-order valence-electron chi connectivity index (χ0n) is 14.0. The average Bonchev–Trinajstić information content (AvgIpc) is 2.59. The van der Waals surface area contributed by atoms with Crippen LogP contribution in [0.25, 0.3) is 16.8 Å². The molecule has 2 heteroatoms. The first-order valence-corrected chi connectivity index (χ1v) is 8.16. The quantitative estimate of drug-likeness (QED) is 0.672. The zero-order valence-corrected chi connectivity index (χ0v) is 14.0. The molecule has 1 N–H and O–H groups in total. The summed E-state index contributed by atoms with van der Waals surface area (Å²) in [4.78, 5) is 12.2. The predicted molar refractivity (Wildman–Crippen MR) is 101 cm³/mol. The number of carbonyl (C=O) groups is 1. The number of rotatable bonds is 4. The molecule has 2 nitrogen and oxygen atoms in total. The first-order chi connectivity index (χ1) is 11.6. The normalized spacial score (nSPS) is 12.4. The standard InChI is InChI=1S/C22H21NO/c1-16-7-5-8-18(15-16)13-14-22(24)23-17(2)20-12-6-10-19-9-3-4-11-21(19)20/h3-15,17H,1-2H3,(H,23,24)/b14-13+/t17-/m1/s1. The van der Waals surface area contributed by atoms with Crippen molar-refractivity contribution in [3.63, 3.8) is 0 Å². The van der Waals surface area contributed by atoms with E-state index in [4.69, 9.17) is 0 Å². The van der Waals surface area contributed by atoms with Crippen LogP contribution in [0.4, 0.5) is 0 Å². The molecule has 3 rings (SSSR count). The van der Waals surface area contributed by atoms with E-state index in [0.29, 0.717) is 0 Å². The van der Waals surface area contributed by atoms with Gasteiger partial charge in [-0.15, -0.1) is 0 Å². The minimum absolute atomic E-state index is 0.0502. The van der Waals surface area contributed by atoms with Gasteiger partial charge < -0.3 is 5.32 Å². The molecule has 0 spiro atoms. The lowest BCUT2D eigenvalue weighted by molar-refractivity contribution is -0.117. The van der Waals surface area contributed by atoms with Gasteiger partial charge in [0.25, 0.3) is 0 Å². The van der Waals surface area contributed by atoms with Gasteiger partial charge in [-0.05, 0) is 41.8 Å². The molecule has 0 fully saturated rings. The molecule has 0 aliphatic heterocycles. The van der Waals surface area contributed by atoms with Crippen molar-refractivity contribution in [1.82, 2.24) is 5.32 Å². The van der Waals surface area contributed by atoms with E-state index in [1.54, 1.807) is 6.08 Å². The van der Waals surface area contributed by atoms with Crippen LogP contribution in [-0.4, -0.2) is 5.91 Å². The number of nitrogens with one attached hydrogen (secondary N) is 1. The van der Waals surface area contributed by atoms with Gasteiger partial charge in [-0.3, -0.25) is 4.79 Å². The van der Waals surface area contributed by atoms with E-state index in [1.807, 2.05) is 56.3 Å². The number of aryl methyl sites for hydroxylation is 1.